The summed E-state index contributed by atoms with van der Waals surface area (Å²) in [5.74, 6) is -0.432. The van der Waals surface area contributed by atoms with Crippen molar-refractivity contribution in [2.24, 2.45) is 0 Å². The third kappa shape index (κ3) is 3.18. The van der Waals surface area contributed by atoms with Gasteiger partial charge in [-0.1, -0.05) is 75.4 Å². The summed E-state index contributed by atoms with van der Waals surface area (Å²) in [4.78, 5) is 11.1. The maximum atomic E-state index is 11.6. The minimum absolute atomic E-state index is 0.0176. The summed E-state index contributed by atoms with van der Waals surface area (Å²) in [6.07, 6.45) is -1.31. The summed E-state index contributed by atoms with van der Waals surface area (Å²) in [6.45, 7) is 6.32. The van der Waals surface area contributed by atoms with Gasteiger partial charge in [-0.3, -0.25) is 10.1 Å². The fraction of sp³-hybridized carbons (Fsp3) is 0.286. The van der Waals surface area contributed by atoms with E-state index in [0.29, 0.717) is 22.5 Å². The zero-order chi connectivity index (χ0) is 18.9. The van der Waals surface area contributed by atoms with Crippen LogP contribution in [-0.4, -0.2) is 11.2 Å². The van der Waals surface area contributed by atoms with E-state index in [-0.39, 0.29) is 5.41 Å². The standard InChI is InChI=1S/C21H20N2O3/c1-21(2,3)16-11-9-14(10-12-16)18-17(13-22)19(26-20(18)23(24)25)15-7-5-4-6-8-15/h4-12,18,20H,1-3H3/t18-,20-/m0/s1. The van der Waals surface area contributed by atoms with Crippen LogP contribution < -0.4 is 0 Å². The number of nitro groups is 1. The first kappa shape index (κ1) is 17.7. The Balaban J connectivity index is 2.08. The van der Waals surface area contributed by atoms with Gasteiger partial charge in [0.05, 0.1) is 16.6 Å². The van der Waals surface area contributed by atoms with Crippen LogP contribution in [0.3, 0.4) is 0 Å². The maximum Gasteiger partial charge on any atom is 0.365 e. The van der Waals surface area contributed by atoms with Crippen molar-refractivity contribution in [3.05, 3.63) is 87.0 Å². The third-order valence-electron chi connectivity index (χ3n) is 4.58. The Morgan fingerprint density at radius 3 is 2.19 bits per heavy atom. The minimum atomic E-state index is -1.31. The van der Waals surface area contributed by atoms with Crippen molar-refractivity contribution in [2.75, 3.05) is 0 Å². The molecule has 132 valence electrons. The van der Waals surface area contributed by atoms with E-state index in [9.17, 15) is 15.4 Å². The number of ether oxygens (including phenoxy) is 1. The average Bonchev–Trinajstić information content (AvgIpc) is 3.01. The molecule has 0 unspecified atom stereocenters. The molecule has 5 nitrogen and oxygen atoms in total. The van der Waals surface area contributed by atoms with Crippen LogP contribution in [0.5, 0.6) is 0 Å². The molecule has 0 aromatic heterocycles. The quantitative estimate of drug-likeness (QED) is 0.598. The van der Waals surface area contributed by atoms with Gasteiger partial charge in [0.1, 0.15) is 11.7 Å². The summed E-state index contributed by atoms with van der Waals surface area (Å²) in [7, 11) is 0. The molecule has 0 aliphatic carbocycles. The lowest BCUT2D eigenvalue weighted by Crippen LogP contribution is -2.26. The summed E-state index contributed by atoms with van der Waals surface area (Å²) in [6, 6.07) is 18.8. The van der Waals surface area contributed by atoms with Gasteiger partial charge in [0.25, 0.3) is 0 Å². The molecular weight excluding hydrogens is 328 g/mol. The molecule has 0 saturated carbocycles. The minimum Gasteiger partial charge on any atom is -0.427 e. The molecule has 0 radical (unpaired) electrons. The van der Waals surface area contributed by atoms with Crippen LogP contribution in [-0.2, 0) is 10.2 Å². The highest BCUT2D eigenvalue weighted by molar-refractivity contribution is 5.71. The number of benzene rings is 2. The second-order valence-corrected chi connectivity index (χ2v) is 7.36. The molecule has 1 heterocycles. The van der Waals surface area contributed by atoms with Gasteiger partial charge in [0.2, 0.25) is 0 Å². The van der Waals surface area contributed by atoms with Gasteiger partial charge in [0.15, 0.2) is 0 Å². The lowest BCUT2D eigenvalue weighted by molar-refractivity contribution is -0.567. The number of hydrogen-bond donors (Lipinski definition) is 0. The Morgan fingerprint density at radius 1 is 1.08 bits per heavy atom. The number of nitrogens with zero attached hydrogens (tertiary/aromatic N) is 2. The van der Waals surface area contributed by atoms with Gasteiger partial charge in [0, 0.05) is 5.56 Å². The zero-order valence-electron chi connectivity index (χ0n) is 15.0. The van der Waals surface area contributed by atoms with Crippen LogP contribution in [0, 0.1) is 21.4 Å². The lowest BCUT2D eigenvalue weighted by atomic mass is 9.84. The van der Waals surface area contributed by atoms with E-state index in [4.69, 9.17) is 4.74 Å². The van der Waals surface area contributed by atoms with E-state index < -0.39 is 17.1 Å². The number of nitriles is 1. The van der Waals surface area contributed by atoms with Crippen molar-refractivity contribution in [3.8, 4) is 6.07 Å². The first-order valence-electron chi connectivity index (χ1n) is 8.43. The molecule has 2 atom stereocenters. The van der Waals surface area contributed by atoms with E-state index in [1.165, 1.54) is 0 Å². The molecule has 0 saturated heterocycles. The van der Waals surface area contributed by atoms with E-state index >= 15 is 0 Å². The van der Waals surface area contributed by atoms with Gasteiger partial charge in [-0.25, -0.2) is 0 Å². The molecular formula is C21H20N2O3. The van der Waals surface area contributed by atoms with Crippen molar-refractivity contribution in [2.45, 2.75) is 38.3 Å². The third-order valence-corrected chi connectivity index (χ3v) is 4.58. The molecule has 0 spiro atoms. The first-order chi connectivity index (χ1) is 12.3. The Morgan fingerprint density at radius 2 is 1.69 bits per heavy atom. The summed E-state index contributed by atoms with van der Waals surface area (Å²) in [5.41, 5.74) is 2.79. The van der Waals surface area contributed by atoms with Gasteiger partial charge < -0.3 is 4.74 Å². The van der Waals surface area contributed by atoms with E-state index in [2.05, 4.69) is 26.8 Å². The highest BCUT2D eigenvalue weighted by Gasteiger charge is 2.46. The summed E-state index contributed by atoms with van der Waals surface area (Å²) in [5, 5.41) is 21.3. The van der Waals surface area contributed by atoms with Crippen LogP contribution in [0.2, 0.25) is 0 Å². The van der Waals surface area contributed by atoms with Crippen molar-refractivity contribution in [3.63, 3.8) is 0 Å². The first-order valence-corrected chi connectivity index (χ1v) is 8.43. The molecule has 2 aromatic carbocycles. The second-order valence-electron chi connectivity index (χ2n) is 7.36. The van der Waals surface area contributed by atoms with Crippen LogP contribution >= 0.6 is 0 Å². The average molecular weight is 348 g/mol. The molecule has 0 N–H and O–H groups in total. The molecule has 2 aromatic rings. The topological polar surface area (TPSA) is 76.2 Å². The van der Waals surface area contributed by atoms with Gasteiger partial charge in [-0.05, 0) is 16.5 Å². The lowest BCUT2D eigenvalue weighted by Gasteiger charge is -2.20. The smallest absolute Gasteiger partial charge is 0.365 e. The summed E-state index contributed by atoms with van der Waals surface area (Å²) < 4.78 is 5.64. The Kier molecular flexibility index (Phi) is 4.52. The van der Waals surface area contributed by atoms with Gasteiger partial charge >= 0.3 is 6.23 Å². The van der Waals surface area contributed by atoms with Crippen LogP contribution in [0.1, 0.15) is 43.4 Å². The molecule has 1 aliphatic heterocycles. The van der Waals surface area contributed by atoms with E-state index in [1.807, 2.05) is 42.5 Å². The highest BCUT2D eigenvalue weighted by atomic mass is 16.7. The molecule has 0 bridgehead atoms. The largest absolute Gasteiger partial charge is 0.427 e. The van der Waals surface area contributed by atoms with E-state index in [1.54, 1.807) is 12.1 Å². The zero-order valence-corrected chi connectivity index (χ0v) is 15.0. The van der Waals surface area contributed by atoms with Gasteiger partial charge in [-0.2, -0.15) is 5.26 Å². The Bertz CT molecular complexity index is 888. The van der Waals surface area contributed by atoms with Crippen molar-refractivity contribution < 1.29 is 9.66 Å². The highest BCUT2D eigenvalue weighted by Crippen LogP contribution is 2.43. The second kappa shape index (κ2) is 6.64. The SMILES string of the molecule is CC(C)(C)c1ccc([C@H]2C(C#N)=C(c3ccccc3)O[C@@H]2[N+](=O)[O-])cc1. The van der Waals surface area contributed by atoms with Crippen molar-refractivity contribution >= 4 is 5.76 Å². The van der Waals surface area contributed by atoms with Crippen molar-refractivity contribution in [1.29, 1.82) is 5.26 Å². The normalized spacial score (nSPS) is 19.8. The molecule has 0 amide bonds. The predicted molar refractivity (Wildman–Crippen MR) is 98.7 cm³/mol. The predicted octanol–water partition coefficient (Wildman–Crippen LogP) is 4.64. The van der Waals surface area contributed by atoms with Crippen molar-refractivity contribution in [1.82, 2.24) is 0 Å². The molecule has 0 fully saturated rings. The number of hydrogen-bond acceptors (Lipinski definition) is 4. The van der Waals surface area contributed by atoms with E-state index in [0.717, 1.165) is 5.56 Å². The molecule has 3 rings (SSSR count). The molecule has 5 heteroatoms. The van der Waals surface area contributed by atoms with Gasteiger partial charge in [-0.15, -0.1) is 0 Å². The van der Waals surface area contributed by atoms with Crippen LogP contribution in [0.15, 0.2) is 60.2 Å². The molecule has 1 aliphatic rings. The maximum absolute atomic E-state index is 11.6. The monoisotopic (exact) mass is 348 g/mol. The van der Waals surface area contributed by atoms with Crippen LogP contribution in [0.4, 0.5) is 0 Å². The fourth-order valence-corrected chi connectivity index (χ4v) is 3.16. The Hall–Kier alpha value is -3.13. The number of rotatable bonds is 3. The fourth-order valence-electron chi connectivity index (χ4n) is 3.16. The molecule has 26 heavy (non-hydrogen) atoms. The van der Waals surface area contributed by atoms with Crippen LogP contribution in [0.25, 0.3) is 5.76 Å². The summed E-state index contributed by atoms with van der Waals surface area (Å²) >= 11 is 0. The Labute approximate surface area is 152 Å².